The molecule has 6 heteroatoms. The van der Waals surface area contributed by atoms with Crippen molar-refractivity contribution in [3.8, 4) is 0 Å². The summed E-state index contributed by atoms with van der Waals surface area (Å²) in [4.78, 5) is 6.43. The van der Waals surface area contributed by atoms with Gasteiger partial charge in [0.1, 0.15) is 5.82 Å². The normalized spacial score (nSPS) is 19.9. The molecule has 1 aliphatic heterocycles. The van der Waals surface area contributed by atoms with Crippen LogP contribution in [0.4, 0.5) is 5.82 Å². The molecule has 1 aliphatic rings. The monoisotopic (exact) mass is 250 g/mol. The van der Waals surface area contributed by atoms with Crippen LogP contribution in [0.1, 0.15) is 19.4 Å². The third-order valence-corrected chi connectivity index (χ3v) is 2.90. The molecule has 0 saturated carbocycles. The molecule has 0 amide bonds. The molecule has 6 nitrogen and oxygen atoms in total. The van der Waals surface area contributed by atoms with Gasteiger partial charge in [-0.15, -0.1) is 0 Å². The molecule has 0 spiro atoms. The van der Waals surface area contributed by atoms with Crippen LogP contribution in [0, 0.1) is 0 Å². The standard InChI is InChI=1S/C12H18N4O2/c1-12(2)8-16(6-7-18-12)11-9(10(13)15-17)4-3-5-14-11/h3-5,17H,6-8H2,1-2H3,(H2,13,15). The van der Waals surface area contributed by atoms with E-state index in [4.69, 9.17) is 15.7 Å². The highest BCUT2D eigenvalue weighted by molar-refractivity contribution is 6.01. The Hall–Kier alpha value is -1.82. The van der Waals surface area contributed by atoms with Gasteiger partial charge in [0.15, 0.2) is 5.84 Å². The zero-order valence-corrected chi connectivity index (χ0v) is 10.6. The first-order valence-electron chi connectivity index (χ1n) is 5.85. The number of aromatic nitrogens is 1. The largest absolute Gasteiger partial charge is 0.409 e. The van der Waals surface area contributed by atoms with Gasteiger partial charge in [-0.2, -0.15) is 0 Å². The highest BCUT2D eigenvalue weighted by atomic mass is 16.5. The van der Waals surface area contributed by atoms with E-state index in [1.165, 1.54) is 0 Å². The lowest BCUT2D eigenvalue weighted by molar-refractivity contribution is -0.0279. The lowest BCUT2D eigenvalue weighted by Crippen LogP contribution is -2.49. The van der Waals surface area contributed by atoms with E-state index in [9.17, 15) is 0 Å². The smallest absolute Gasteiger partial charge is 0.173 e. The van der Waals surface area contributed by atoms with Crippen molar-refractivity contribution in [3.63, 3.8) is 0 Å². The van der Waals surface area contributed by atoms with Gasteiger partial charge in [-0.25, -0.2) is 4.98 Å². The van der Waals surface area contributed by atoms with Crippen LogP contribution in [0.2, 0.25) is 0 Å². The highest BCUT2D eigenvalue weighted by Gasteiger charge is 2.29. The molecule has 0 atom stereocenters. The van der Waals surface area contributed by atoms with Gasteiger partial charge in [0.2, 0.25) is 0 Å². The number of hydrogen-bond donors (Lipinski definition) is 2. The Kier molecular flexibility index (Phi) is 3.38. The van der Waals surface area contributed by atoms with E-state index in [1.807, 2.05) is 13.8 Å². The number of rotatable bonds is 2. The molecule has 1 aromatic heterocycles. The quantitative estimate of drug-likeness (QED) is 0.351. The number of pyridine rings is 1. The summed E-state index contributed by atoms with van der Waals surface area (Å²) in [5, 5.41) is 11.9. The summed E-state index contributed by atoms with van der Waals surface area (Å²) in [5.74, 6) is 0.798. The molecule has 1 saturated heterocycles. The molecule has 1 fully saturated rings. The molecule has 2 heterocycles. The van der Waals surface area contributed by atoms with Crippen LogP contribution in [0.5, 0.6) is 0 Å². The van der Waals surface area contributed by atoms with E-state index in [2.05, 4.69) is 15.0 Å². The van der Waals surface area contributed by atoms with Gasteiger partial charge >= 0.3 is 0 Å². The molecular weight excluding hydrogens is 232 g/mol. The molecular formula is C12H18N4O2. The second-order valence-electron chi connectivity index (χ2n) is 4.89. The minimum absolute atomic E-state index is 0.0717. The van der Waals surface area contributed by atoms with Crippen LogP contribution in [0.25, 0.3) is 0 Å². The molecule has 1 aromatic rings. The minimum Gasteiger partial charge on any atom is -0.409 e. The Morgan fingerprint density at radius 2 is 2.39 bits per heavy atom. The highest BCUT2D eigenvalue weighted by Crippen LogP contribution is 2.24. The first-order valence-corrected chi connectivity index (χ1v) is 5.85. The Morgan fingerprint density at radius 1 is 1.61 bits per heavy atom. The van der Waals surface area contributed by atoms with Crippen LogP contribution in [0.15, 0.2) is 23.5 Å². The van der Waals surface area contributed by atoms with Gasteiger partial charge in [0, 0.05) is 19.3 Å². The van der Waals surface area contributed by atoms with Crippen molar-refractivity contribution >= 4 is 11.7 Å². The number of hydrogen-bond acceptors (Lipinski definition) is 5. The maximum atomic E-state index is 8.81. The number of ether oxygens (including phenoxy) is 1. The summed E-state index contributed by atoms with van der Waals surface area (Å²) in [6.07, 6.45) is 1.70. The van der Waals surface area contributed by atoms with Gasteiger partial charge < -0.3 is 20.6 Å². The van der Waals surface area contributed by atoms with Gasteiger partial charge in [-0.3, -0.25) is 0 Å². The zero-order valence-electron chi connectivity index (χ0n) is 10.6. The lowest BCUT2D eigenvalue weighted by Gasteiger charge is -2.39. The van der Waals surface area contributed by atoms with E-state index in [0.29, 0.717) is 12.2 Å². The van der Waals surface area contributed by atoms with E-state index in [0.717, 1.165) is 18.9 Å². The van der Waals surface area contributed by atoms with Gasteiger partial charge in [-0.05, 0) is 26.0 Å². The van der Waals surface area contributed by atoms with Gasteiger partial charge in [0.25, 0.3) is 0 Å². The summed E-state index contributed by atoms with van der Waals surface area (Å²) in [7, 11) is 0. The van der Waals surface area contributed by atoms with Crippen molar-refractivity contribution in [2.45, 2.75) is 19.4 Å². The van der Waals surface area contributed by atoms with Crippen molar-refractivity contribution in [3.05, 3.63) is 23.9 Å². The van der Waals surface area contributed by atoms with Crippen molar-refractivity contribution in [2.75, 3.05) is 24.6 Å². The first kappa shape index (κ1) is 12.6. The number of anilines is 1. The third kappa shape index (κ3) is 2.53. The molecule has 3 N–H and O–H groups in total. The third-order valence-electron chi connectivity index (χ3n) is 2.90. The van der Waals surface area contributed by atoms with Crippen molar-refractivity contribution in [1.82, 2.24) is 4.98 Å². The Morgan fingerprint density at radius 3 is 3.06 bits per heavy atom. The first-order chi connectivity index (χ1) is 8.53. The molecule has 98 valence electrons. The summed E-state index contributed by atoms with van der Waals surface area (Å²) in [6.45, 7) is 6.16. The minimum atomic E-state index is -0.224. The number of morpholine rings is 1. The van der Waals surface area contributed by atoms with Crippen LogP contribution < -0.4 is 10.6 Å². The lowest BCUT2D eigenvalue weighted by atomic mass is 10.1. The van der Waals surface area contributed by atoms with Gasteiger partial charge in [0.05, 0.1) is 17.8 Å². The Bertz CT molecular complexity index is 459. The summed E-state index contributed by atoms with van der Waals surface area (Å²) in [6, 6.07) is 3.56. The number of oxime groups is 1. The Labute approximate surface area is 106 Å². The summed E-state index contributed by atoms with van der Waals surface area (Å²) in [5.41, 5.74) is 6.08. The number of nitrogens with zero attached hydrogens (tertiary/aromatic N) is 3. The Balaban J connectivity index is 2.33. The van der Waals surface area contributed by atoms with E-state index >= 15 is 0 Å². The van der Waals surface area contributed by atoms with Gasteiger partial charge in [-0.1, -0.05) is 5.16 Å². The molecule has 18 heavy (non-hydrogen) atoms. The van der Waals surface area contributed by atoms with Crippen molar-refractivity contribution in [2.24, 2.45) is 10.9 Å². The molecule has 0 aliphatic carbocycles. The predicted molar refractivity (Wildman–Crippen MR) is 69.0 cm³/mol. The fourth-order valence-corrected chi connectivity index (χ4v) is 2.10. The van der Waals surface area contributed by atoms with Crippen LogP contribution in [0.3, 0.4) is 0 Å². The fraction of sp³-hybridized carbons (Fsp3) is 0.500. The SMILES string of the molecule is CC1(C)CN(c2ncccc2/C(N)=N/O)CCO1. The van der Waals surface area contributed by atoms with Crippen molar-refractivity contribution < 1.29 is 9.94 Å². The molecule has 0 aromatic carbocycles. The van der Waals surface area contributed by atoms with E-state index < -0.39 is 0 Å². The van der Waals surface area contributed by atoms with Crippen molar-refractivity contribution in [1.29, 1.82) is 0 Å². The topological polar surface area (TPSA) is 84.0 Å². The maximum absolute atomic E-state index is 8.81. The van der Waals surface area contributed by atoms with Crippen LogP contribution in [-0.4, -0.2) is 41.3 Å². The maximum Gasteiger partial charge on any atom is 0.173 e. The van der Waals surface area contributed by atoms with E-state index in [1.54, 1.807) is 18.3 Å². The average Bonchev–Trinajstić information content (AvgIpc) is 2.36. The second kappa shape index (κ2) is 4.81. The summed E-state index contributed by atoms with van der Waals surface area (Å²) < 4.78 is 5.66. The molecule has 0 unspecified atom stereocenters. The second-order valence-corrected chi connectivity index (χ2v) is 4.89. The number of nitrogens with two attached hydrogens (primary N) is 1. The van der Waals surface area contributed by atoms with Crippen LogP contribution in [-0.2, 0) is 4.74 Å². The molecule has 2 rings (SSSR count). The van der Waals surface area contributed by atoms with E-state index in [-0.39, 0.29) is 11.4 Å². The predicted octanol–water partition coefficient (Wildman–Crippen LogP) is 0.791. The molecule has 0 radical (unpaired) electrons. The number of amidine groups is 1. The summed E-state index contributed by atoms with van der Waals surface area (Å²) >= 11 is 0. The molecule has 0 bridgehead atoms. The average molecular weight is 250 g/mol. The zero-order chi connectivity index (χ0) is 13.2. The van der Waals surface area contributed by atoms with Crippen LogP contribution >= 0.6 is 0 Å². The fourth-order valence-electron chi connectivity index (χ4n) is 2.10.